The lowest BCUT2D eigenvalue weighted by molar-refractivity contribution is 0.0705. The first-order valence-electron chi connectivity index (χ1n) is 8.23. The Morgan fingerprint density at radius 2 is 2.08 bits per heavy atom. The summed E-state index contributed by atoms with van der Waals surface area (Å²) in [6.07, 6.45) is 4.61. The van der Waals surface area contributed by atoms with Gasteiger partial charge in [0, 0.05) is 42.8 Å². The fraction of sp³-hybridized carbons (Fsp3) is 0.471. The Kier molecular flexibility index (Phi) is 4.64. The standard InChI is InChI=1S/C17H23N3O3S/c1-3-19-12-15(14-8-4-5-9-16(14)19)17(21)20-10-6-7-13(11-20)18-24(2,22)23/h4-5,8-9,12-13,18H,3,6-7,10-11H2,1-2H3/t13-/m0/s1. The van der Waals surface area contributed by atoms with Gasteiger partial charge >= 0.3 is 0 Å². The van der Waals surface area contributed by atoms with Crippen molar-refractivity contribution in [1.82, 2.24) is 14.2 Å². The van der Waals surface area contributed by atoms with E-state index in [0.29, 0.717) is 18.7 Å². The number of carbonyl (C=O) groups is 1. The molecule has 2 heterocycles. The van der Waals surface area contributed by atoms with Crippen molar-refractivity contribution in [1.29, 1.82) is 0 Å². The van der Waals surface area contributed by atoms with Crippen LogP contribution in [0.1, 0.15) is 30.1 Å². The maximum Gasteiger partial charge on any atom is 0.256 e. The molecule has 1 aliphatic rings. The lowest BCUT2D eigenvalue weighted by Gasteiger charge is -2.32. The largest absolute Gasteiger partial charge is 0.347 e. The Balaban J connectivity index is 1.86. The molecule has 0 spiro atoms. The molecule has 1 aliphatic heterocycles. The molecule has 6 nitrogen and oxygen atoms in total. The average Bonchev–Trinajstić information content (AvgIpc) is 2.91. The molecule has 0 saturated carbocycles. The molecule has 7 heteroatoms. The molecule has 1 atom stereocenters. The minimum Gasteiger partial charge on any atom is -0.347 e. The molecule has 130 valence electrons. The monoisotopic (exact) mass is 349 g/mol. The fourth-order valence-corrected chi connectivity index (χ4v) is 4.21. The number of hydrogen-bond donors (Lipinski definition) is 1. The molecular weight excluding hydrogens is 326 g/mol. The second-order valence-corrected chi connectivity index (χ2v) is 8.11. The zero-order valence-electron chi connectivity index (χ0n) is 14.0. The van der Waals surface area contributed by atoms with Crippen LogP contribution in [0.3, 0.4) is 0 Å². The molecule has 3 rings (SSSR count). The molecule has 0 aliphatic carbocycles. The van der Waals surface area contributed by atoms with Crippen LogP contribution >= 0.6 is 0 Å². The van der Waals surface area contributed by atoms with Crippen LogP contribution in [0.5, 0.6) is 0 Å². The molecule has 24 heavy (non-hydrogen) atoms. The van der Waals surface area contributed by atoms with Crippen LogP contribution in [0.25, 0.3) is 10.9 Å². The summed E-state index contributed by atoms with van der Waals surface area (Å²) in [4.78, 5) is 14.7. The SMILES string of the molecule is CCn1cc(C(=O)N2CCC[C@H](NS(C)(=O)=O)C2)c2ccccc21. The van der Waals surface area contributed by atoms with Gasteiger partial charge in [0.05, 0.1) is 11.8 Å². The molecule has 2 aromatic rings. The Morgan fingerprint density at radius 3 is 2.79 bits per heavy atom. The maximum absolute atomic E-state index is 13.0. The summed E-state index contributed by atoms with van der Waals surface area (Å²) in [5, 5.41) is 0.947. The van der Waals surface area contributed by atoms with Crippen LogP contribution in [0.2, 0.25) is 0 Å². The van der Waals surface area contributed by atoms with Gasteiger partial charge in [0.25, 0.3) is 5.91 Å². The van der Waals surface area contributed by atoms with E-state index < -0.39 is 10.0 Å². The second-order valence-electron chi connectivity index (χ2n) is 6.33. The summed E-state index contributed by atoms with van der Waals surface area (Å²) in [5.74, 6) is -0.0293. The number of carbonyl (C=O) groups excluding carboxylic acids is 1. The minimum atomic E-state index is -3.26. The Labute approximate surface area is 142 Å². The number of para-hydroxylation sites is 1. The number of hydrogen-bond acceptors (Lipinski definition) is 3. The summed E-state index contributed by atoms with van der Waals surface area (Å²) in [7, 11) is -3.26. The summed E-state index contributed by atoms with van der Waals surface area (Å²) in [6, 6.07) is 7.67. The van der Waals surface area contributed by atoms with Gasteiger partial charge in [-0.2, -0.15) is 0 Å². The van der Waals surface area contributed by atoms with E-state index in [9.17, 15) is 13.2 Å². The average molecular weight is 349 g/mol. The number of aromatic nitrogens is 1. The van der Waals surface area contributed by atoms with E-state index in [1.165, 1.54) is 0 Å². The van der Waals surface area contributed by atoms with E-state index in [2.05, 4.69) is 9.29 Å². The van der Waals surface area contributed by atoms with Gasteiger partial charge in [-0.25, -0.2) is 13.1 Å². The van der Waals surface area contributed by atoms with Gasteiger partial charge in [-0.05, 0) is 25.8 Å². The number of fused-ring (bicyclic) bond motifs is 1. The first-order chi connectivity index (χ1) is 11.4. The highest BCUT2D eigenvalue weighted by atomic mass is 32.2. The lowest BCUT2D eigenvalue weighted by Crippen LogP contribution is -2.49. The molecule has 1 N–H and O–H groups in total. The van der Waals surface area contributed by atoms with Crippen LogP contribution < -0.4 is 4.72 Å². The first kappa shape index (κ1) is 17.0. The molecule has 1 fully saturated rings. The van der Waals surface area contributed by atoms with Crippen LogP contribution in [0.4, 0.5) is 0 Å². The summed E-state index contributed by atoms with van der Waals surface area (Å²) < 4.78 is 27.6. The van der Waals surface area contributed by atoms with E-state index in [1.807, 2.05) is 37.4 Å². The Morgan fingerprint density at radius 1 is 1.33 bits per heavy atom. The second kappa shape index (κ2) is 6.57. The first-order valence-corrected chi connectivity index (χ1v) is 10.1. The molecule has 1 aromatic carbocycles. The molecule has 0 unspecified atom stereocenters. The van der Waals surface area contributed by atoms with Crippen molar-refractivity contribution < 1.29 is 13.2 Å². The van der Waals surface area contributed by atoms with Crippen molar-refractivity contribution in [3.8, 4) is 0 Å². The van der Waals surface area contributed by atoms with Crippen molar-refractivity contribution in [3.05, 3.63) is 36.0 Å². The number of rotatable bonds is 4. The molecule has 0 bridgehead atoms. The zero-order chi connectivity index (χ0) is 17.3. The van der Waals surface area contributed by atoms with Crippen LogP contribution in [-0.4, -0.2) is 49.2 Å². The van der Waals surface area contributed by atoms with Gasteiger partial charge in [-0.3, -0.25) is 4.79 Å². The van der Waals surface area contributed by atoms with Crippen LogP contribution in [-0.2, 0) is 16.6 Å². The normalized spacial score (nSPS) is 18.9. The number of nitrogens with one attached hydrogen (secondary N) is 1. The number of benzene rings is 1. The zero-order valence-corrected chi connectivity index (χ0v) is 14.8. The van der Waals surface area contributed by atoms with E-state index >= 15 is 0 Å². The third-order valence-electron chi connectivity index (χ3n) is 4.45. The fourth-order valence-electron chi connectivity index (χ4n) is 3.41. The smallest absolute Gasteiger partial charge is 0.256 e. The number of likely N-dealkylation sites (tertiary alicyclic amines) is 1. The van der Waals surface area contributed by atoms with E-state index in [0.717, 1.165) is 36.5 Å². The third kappa shape index (κ3) is 3.47. The number of nitrogens with zero attached hydrogens (tertiary/aromatic N) is 2. The topological polar surface area (TPSA) is 71.4 Å². The van der Waals surface area contributed by atoms with Crippen molar-refractivity contribution in [2.75, 3.05) is 19.3 Å². The number of sulfonamides is 1. The van der Waals surface area contributed by atoms with Gasteiger partial charge in [0.2, 0.25) is 10.0 Å². The van der Waals surface area contributed by atoms with Crippen molar-refractivity contribution in [3.63, 3.8) is 0 Å². The maximum atomic E-state index is 13.0. The molecule has 1 amide bonds. The van der Waals surface area contributed by atoms with Gasteiger partial charge in [-0.1, -0.05) is 18.2 Å². The number of amides is 1. The quantitative estimate of drug-likeness (QED) is 0.915. The summed E-state index contributed by atoms with van der Waals surface area (Å²) in [5.41, 5.74) is 1.73. The predicted molar refractivity (Wildman–Crippen MR) is 94.5 cm³/mol. The van der Waals surface area contributed by atoms with Crippen LogP contribution in [0.15, 0.2) is 30.5 Å². The lowest BCUT2D eigenvalue weighted by atomic mass is 10.1. The number of aryl methyl sites for hydroxylation is 1. The highest BCUT2D eigenvalue weighted by Gasteiger charge is 2.27. The van der Waals surface area contributed by atoms with Crippen molar-refractivity contribution in [2.24, 2.45) is 0 Å². The van der Waals surface area contributed by atoms with Crippen molar-refractivity contribution >= 4 is 26.8 Å². The molecule has 1 aromatic heterocycles. The van der Waals surface area contributed by atoms with Gasteiger partial charge in [0.1, 0.15) is 0 Å². The third-order valence-corrected chi connectivity index (χ3v) is 5.21. The Bertz CT molecular complexity index is 857. The van der Waals surface area contributed by atoms with Gasteiger partial charge in [-0.15, -0.1) is 0 Å². The highest BCUT2D eigenvalue weighted by Crippen LogP contribution is 2.24. The molecular formula is C17H23N3O3S. The highest BCUT2D eigenvalue weighted by molar-refractivity contribution is 7.88. The number of piperidine rings is 1. The Hall–Kier alpha value is -1.86. The van der Waals surface area contributed by atoms with Gasteiger partial charge in [0.15, 0.2) is 0 Å². The van der Waals surface area contributed by atoms with Crippen LogP contribution in [0, 0.1) is 0 Å². The molecule has 0 radical (unpaired) electrons. The minimum absolute atomic E-state index is 0.0293. The van der Waals surface area contributed by atoms with Gasteiger partial charge < -0.3 is 9.47 Å². The van der Waals surface area contributed by atoms with E-state index in [4.69, 9.17) is 0 Å². The predicted octanol–water partition coefficient (Wildman–Crippen LogP) is 1.81. The summed E-state index contributed by atoms with van der Waals surface area (Å²) in [6.45, 7) is 3.92. The molecule has 1 saturated heterocycles. The summed E-state index contributed by atoms with van der Waals surface area (Å²) >= 11 is 0. The van der Waals surface area contributed by atoms with E-state index in [-0.39, 0.29) is 11.9 Å². The van der Waals surface area contributed by atoms with E-state index in [1.54, 1.807) is 4.90 Å². The van der Waals surface area contributed by atoms with Crippen molar-refractivity contribution in [2.45, 2.75) is 32.4 Å².